The summed E-state index contributed by atoms with van der Waals surface area (Å²) in [4.78, 5) is 12.8. The van der Waals surface area contributed by atoms with Gasteiger partial charge in [-0.15, -0.1) is 0 Å². The van der Waals surface area contributed by atoms with Gasteiger partial charge >= 0.3 is 0 Å². The van der Waals surface area contributed by atoms with Gasteiger partial charge in [-0.05, 0) is 48.9 Å². The molecule has 4 rings (SSSR count). The highest BCUT2D eigenvalue weighted by Gasteiger charge is 2.11. The Hall–Kier alpha value is -2.57. The fourth-order valence-corrected chi connectivity index (χ4v) is 4.20. The van der Waals surface area contributed by atoms with Crippen molar-refractivity contribution in [1.82, 2.24) is 9.97 Å². The number of morpholine rings is 1. The Morgan fingerprint density at radius 3 is 2.69 bits per heavy atom. The van der Waals surface area contributed by atoms with Crippen LogP contribution in [0.2, 0.25) is 0 Å². The van der Waals surface area contributed by atoms with Crippen LogP contribution in [0.3, 0.4) is 0 Å². The summed E-state index contributed by atoms with van der Waals surface area (Å²) in [6.07, 6.45) is 2.58. The van der Waals surface area contributed by atoms with E-state index in [1.807, 2.05) is 12.3 Å². The minimum absolute atomic E-state index is 0.731. The van der Waals surface area contributed by atoms with Gasteiger partial charge < -0.3 is 15.0 Å². The second-order valence-electron chi connectivity index (χ2n) is 6.91. The van der Waals surface area contributed by atoms with Crippen LogP contribution in [-0.2, 0) is 11.2 Å². The van der Waals surface area contributed by atoms with Crippen molar-refractivity contribution in [3.8, 4) is 0 Å². The zero-order valence-corrected chi connectivity index (χ0v) is 17.5. The van der Waals surface area contributed by atoms with Crippen LogP contribution >= 0.6 is 11.8 Å². The molecule has 0 amide bonds. The molecule has 0 spiro atoms. The Morgan fingerprint density at radius 2 is 1.90 bits per heavy atom. The monoisotopic (exact) mass is 406 g/mol. The Kier molecular flexibility index (Phi) is 6.64. The molecular weight excluding hydrogens is 380 g/mol. The zero-order chi connectivity index (χ0) is 19.9. The summed E-state index contributed by atoms with van der Waals surface area (Å²) >= 11 is 1.66. The molecular formula is C23H26N4OS. The number of ether oxygens (including phenoxy) is 1. The highest BCUT2D eigenvalue weighted by molar-refractivity contribution is 7.99. The van der Waals surface area contributed by atoms with E-state index in [0.29, 0.717) is 0 Å². The highest BCUT2D eigenvalue weighted by Crippen LogP contribution is 2.28. The first-order chi connectivity index (χ1) is 14.3. The number of rotatable bonds is 7. The molecule has 5 nitrogen and oxygen atoms in total. The molecule has 0 unspecified atom stereocenters. The van der Waals surface area contributed by atoms with Gasteiger partial charge in [-0.2, -0.15) is 0 Å². The number of benzene rings is 2. The standard InChI is InChI=1S/C23H26N4OS/c1-2-24-19-4-3-5-21(17-19)29-23-10-11-25-22(26-23)16-18-6-8-20(9-7-18)27-12-14-28-15-13-27/h3-11,17,24H,2,12-16H2,1H3. The smallest absolute Gasteiger partial charge is 0.133 e. The summed E-state index contributed by atoms with van der Waals surface area (Å²) < 4.78 is 5.43. The van der Waals surface area contributed by atoms with Crippen molar-refractivity contribution in [1.29, 1.82) is 0 Å². The fraction of sp³-hybridized carbons (Fsp3) is 0.304. The molecule has 29 heavy (non-hydrogen) atoms. The molecule has 1 aromatic heterocycles. The van der Waals surface area contributed by atoms with Crippen LogP contribution in [0, 0.1) is 0 Å². The van der Waals surface area contributed by atoms with Gasteiger partial charge in [0.05, 0.1) is 13.2 Å². The first-order valence-corrected chi connectivity index (χ1v) is 10.9. The molecule has 3 aromatic rings. The third kappa shape index (κ3) is 5.49. The molecule has 0 bridgehead atoms. The van der Waals surface area contributed by atoms with Gasteiger partial charge in [0, 0.05) is 48.5 Å². The van der Waals surface area contributed by atoms with E-state index in [2.05, 4.69) is 70.7 Å². The maximum absolute atomic E-state index is 5.43. The van der Waals surface area contributed by atoms with Crippen LogP contribution in [0.4, 0.5) is 11.4 Å². The van der Waals surface area contributed by atoms with Crippen molar-refractivity contribution in [2.45, 2.75) is 23.3 Å². The number of hydrogen-bond donors (Lipinski definition) is 1. The summed E-state index contributed by atoms with van der Waals surface area (Å²) in [7, 11) is 0. The highest BCUT2D eigenvalue weighted by atomic mass is 32.2. The van der Waals surface area contributed by atoms with E-state index in [1.54, 1.807) is 11.8 Å². The SMILES string of the molecule is CCNc1cccc(Sc2ccnc(Cc3ccc(N4CCOCC4)cc3)n2)c1. The number of hydrogen-bond acceptors (Lipinski definition) is 6. The Morgan fingerprint density at radius 1 is 1.07 bits per heavy atom. The number of anilines is 2. The third-order valence-electron chi connectivity index (χ3n) is 4.79. The van der Waals surface area contributed by atoms with Gasteiger partial charge in [0.1, 0.15) is 10.9 Å². The van der Waals surface area contributed by atoms with Crippen LogP contribution in [-0.4, -0.2) is 42.8 Å². The first kappa shape index (κ1) is 19.7. The molecule has 1 fully saturated rings. The lowest BCUT2D eigenvalue weighted by Gasteiger charge is -2.28. The summed E-state index contributed by atoms with van der Waals surface area (Å²) in [6.45, 7) is 6.53. The van der Waals surface area contributed by atoms with Crippen LogP contribution in [0.15, 0.2) is 70.7 Å². The van der Waals surface area contributed by atoms with E-state index in [1.165, 1.54) is 16.1 Å². The number of nitrogens with one attached hydrogen (secondary N) is 1. The Balaban J connectivity index is 1.41. The van der Waals surface area contributed by atoms with Crippen LogP contribution in [0.5, 0.6) is 0 Å². The summed E-state index contributed by atoms with van der Waals surface area (Å²) in [5, 5.41) is 4.32. The third-order valence-corrected chi connectivity index (χ3v) is 5.72. The number of aromatic nitrogens is 2. The predicted molar refractivity (Wildman–Crippen MR) is 119 cm³/mol. The van der Waals surface area contributed by atoms with Crippen LogP contribution in [0.25, 0.3) is 0 Å². The van der Waals surface area contributed by atoms with Gasteiger partial charge in [0.2, 0.25) is 0 Å². The van der Waals surface area contributed by atoms with Gasteiger partial charge in [-0.1, -0.05) is 30.0 Å². The fourth-order valence-electron chi connectivity index (χ4n) is 3.35. The molecule has 0 radical (unpaired) electrons. The minimum atomic E-state index is 0.731. The molecule has 150 valence electrons. The lowest BCUT2D eigenvalue weighted by atomic mass is 10.1. The second-order valence-corrected chi connectivity index (χ2v) is 8.01. The number of nitrogens with zero attached hydrogens (tertiary/aromatic N) is 3. The van der Waals surface area contributed by atoms with Crippen molar-refractivity contribution < 1.29 is 4.74 Å². The summed E-state index contributed by atoms with van der Waals surface area (Å²) in [5.41, 5.74) is 3.60. The van der Waals surface area contributed by atoms with E-state index >= 15 is 0 Å². The predicted octanol–water partition coefficient (Wildman–Crippen LogP) is 4.49. The van der Waals surface area contributed by atoms with Gasteiger partial charge in [-0.25, -0.2) is 9.97 Å². The lowest BCUT2D eigenvalue weighted by molar-refractivity contribution is 0.122. The topological polar surface area (TPSA) is 50.3 Å². The molecule has 2 heterocycles. The van der Waals surface area contributed by atoms with Gasteiger partial charge in [-0.3, -0.25) is 0 Å². The van der Waals surface area contributed by atoms with Crippen molar-refractivity contribution in [3.63, 3.8) is 0 Å². The molecule has 0 aliphatic carbocycles. The van der Waals surface area contributed by atoms with E-state index in [0.717, 1.165) is 55.8 Å². The molecule has 1 aliphatic rings. The quantitative estimate of drug-likeness (QED) is 0.584. The molecule has 6 heteroatoms. The van der Waals surface area contributed by atoms with Crippen LogP contribution < -0.4 is 10.2 Å². The van der Waals surface area contributed by atoms with Gasteiger partial charge in [0.25, 0.3) is 0 Å². The molecule has 1 saturated heterocycles. The molecule has 1 aliphatic heterocycles. The Labute approximate surface area is 176 Å². The molecule has 2 aromatic carbocycles. The van der Waals surface area contributed by atoms with E-state index in [-0.39, 0.29) is 0 Å². The second kappa shape index (κ2) is 9.76. The average molecular weight is 407 g/mol. The molecule has 0 saturated carbocycles. The van der Waals surface area contributed by atoms with Crippen LogP contribution in [0.1, 0.15) is 18.3 Å². The first-order valence-electron chi connectivity index (χ1n) is 10.1. The normalized spacial score (nSPS) is 14.0. The largest absolute Gasteiger partial charge is 0.385 e. The summed E-state index contributed by atoms with van der Waals surface area (Å²) in [5.74, 6) is 0.844. The van der Waals surface area contributed by atoms with Crippen molar-refractivity contribution >= 4 is 23.1 Å². The van der Waals surface area contributed by atoms with Gasteiger partial charge in [0.15, 0.2) is 0 Å². The van der Waals surface area contributed by atoms with Crippen molar-refractivity contribution in [2.24, 2.45) is 0 Å². The van der Waals surface area contributed by atoms with E-state index < -0.39 is 0 Å². The minimum Gasteiger partial charge on any atom is -0.385 e. The Bertz CT molecular complexity index is 926. The van der Waals surface area contributed by atoms with Crippen molar-refractivity contribution in [3.05, 3.63) is 72.2 Å². The average Bonchev–Trinajstić information content (AvgIpc) is 2.76. The van der Waals surface area contributed by atoms with Crippen molar-refractivity contribution in [2.75, 3.05) is 43.1 Å². The maximum Gasteiger partial charge on any atom is 0.133 e. The zero-order valence-electron chi connectivity index (χ0n) is 16.7. The summed E-state index contributed by atoms with van der Waals surface area (Å²) in [6, 6.07) is 19.1. The van der Waals surface area contributed by atoms with E-state index in [4.69, 9.17) is 9.72 Å². The lowest BCUT2D eigenvalue weighted by Crippen LogP contribution is -2.36. The van der Waals surface area contributed by atoms with E-state index in [9.17, 15) is 0 Å². The molecule has 0 atom stereocenters. The molecule has 1 N–H and O–H groups in total. The maximum atomic E-state index is 5.43.